The Bertz CT molecular complexity index is 1360. The largest absolute Gasteiger partial charge is 0.461 e. The molecule has 1 unspecified atom stereocenters. The first-order valence-electron chi connectivity index (χ1n) is 12.8. The van der Waals surface area contributed by atoms with Gasteiger partial charge in [0.05, 0.1) is 17.1 Å². The van der Waals surface area contributed by atoms with E-state index in [1.807, 2.05) is 42.0 Å². The normalized spacial score (nSPS) is 11.8. The van der Waals surface area contributed by atoms with E-state index in [1.54, 1.807) is 0 Å². The number of rotatable bonds is 13. The summed E-state index contributed by atoms with van der Waals surface area (Å²) in [5.74, 6) is -1.62. The van der Waals surface area contributed by atoms with Crippen molar-refractivity contribution in [3.63, 3.8) is 0 Å². The number of carbonyl (C=O) groups is 3. The Balaban J connectivity index is 1.52. The molecule has 2 N–H and O–H groups in total. The number of hydrogen-bond donors (Lipinski definition) is 2. The number of sulfonamides is 1. The summed E-state index contributed by atoms with van der Waals surface area (Å²) in [5, 5.41) is 2.80. The number of hydrogen-bond acceptors (Lipinski definition) is 7. The molecule has 0 aliphatic heterocycles. The third-order valence-corrected chi connectivity index (χ3v) is 7.33. The van der Waals surface area contributed by atoms with E-state index in [4.69, 9.17) is 4.74 Å². The Kier molecular flexibility index (Phi) is 10.7. The van der Waals surface area contributed by atoms with Gasteiger partial charge >= 0.3 is 5.97 Å². The highest BCUT2D eigenvalue weighted by Gasteiger charge is 2.20. The van der Waals surface area contributed by atoms with Crippen LogP contribution in [0.15, 0.2) is 77.8 Å². The smallest absolute Gasteiger partial charge is 0.356 e. The van der Waals surface area contributed by atoms with Crippen LogP contribution < -0.4 is 10.0 Å². The lowest BCUT2D eigenvalue weighted by Gasteiger charge is -2.11. The number of benzene rings is 2. The molecule has 0 saturated carbocycles. The molecule has 2 amide bonds. The molecule has 0 fully saturated rings. The summed E-state index contributed by atoms with van der Waals surface area (Å²) in [6, 6.07) is 17.6. The van der Waals surface area contributed by atoms with E-state index in [2.05, 4.69) is 17.2 Å². The Hall–Kier alpha value is -4.05. The molecule has 3 rings (SSSR count). The van der Waals surface area contributed by atoms with Crippen LogP contribution in [0, 0.1) is 5.92 Å². The highest BCUT2D eigenvalue weighted by Crippen LogP contribution is 2.13. The fraction of sp³-hybridized carbons (Fsp3) is 0.310. The maximum atomic E-state index is 12.7. The van der Waals surface area contributed by atoms with Gasteiger partial charge in [0.15, 0.2) is 0 Å². The second-order valence-electron chi connectivity index (χ2n) is 9.23. The van der Waals surface area contributed by atoms with Crippen LogP contribution in [0.4, 0.5) is 0 Å². The Labute approximate surface area is 229 Å². The second kappa shape index (κ2) is 14.2. The van der Waals surface area contributed by atoms with Gasteiger partial charge in [0, 0.05) is 18.3 Å². The van der Waals surface area contributed by atoms with E-state index in [1.165, 1.54) is 36.4 Å². The minimum absolute atomic E-state index is 0.0229. The number of nitrogens with one attached hydrogen (secondary N) is 2. The molecule has 0 aliphatic carbocycles. The number of pyridine rings is 1. The minimum Gasteiger partial charge on any atom is -0.461 e. The number of amides is 2. The maximum Gasteiger partial charge on any atom is 0.356 e. The first-order chi connectivity index (χ1) is 18.7. The molecule has 39 heavy (non-hydrogen) atoms. The van der Waals surface area contributed by atoms with Crippen molar-refractivity contribution in [3.8, 4) is 0 Å². The molecular formula is C29H33N3O6S. The third kappa shape index (κ3) is 9.03. The quantitative estimate of drug-likeness (QED) is 0.305. The van der Waals surface area contributed by atoms with Crippen LogP contribution in [0.2, 0.25) is 0 Å². The van der Waals surface area contributed by atoms with Gasteiger partial charge in [-0.05, 0) is 60.7 Å². The predicted octanol–water partition coefficient (Wildman–Crippen LogP) is 4.16. The molecule has 2 aromatic carbocycles. The van der Waals surface area contributed by atoms with Gasteiger partial charge in [-0.3, -0.25) is 9.59 Å². The number of aromatic nitrogens is 1. The van der Waals surface area contributed by atoms with Crippen molar-refractivity contribution in [3.05, 3.63) is 95.3 Å². The van der Waals surface area contributed by atoms with Crippen LogP contribution in [0.1, 0.15) is 69.9 Å². The van der Waals surface area contributed by atoms with Crippen molar-refractivity contribution in [1.29, 1.82) is 0 Å². The monoisotopic (exact) mass is 551 g/mol. The summed E-state index contributed by atoms with van der Waals surface area (Å²) in [7, 11) is -4.21. The molecule has 0 radical (unpaired) electrons. The standard InChI is InChI=1S/C29H33N3O6S/c1-3-4-8-21(2)20-38-29(35)26-16-13-24(19-31-26)28(34)32-39(36,37)25-14-11-23(12-15-25)27(33)30-18-17-22-9-6-5-7-10-22/h5-7,9-16,19,21H,3-4,8,17-18,20H2,1-2H3,(H,30,33)(H,32,34). The van der Waals surface area contributed by atoms with Crippen LogP contribution in [-0.4, -0.2) is 44.3 Å². The Morgan fingerprint density at radius 1 is 0.923 bits per heavy atom. The number of ether oxygens (including phenoxy) is 1. The minimum atomic E-state index is -4.21. The molecule has 3 aromatic rings. The topological polar surface area (TPSA) is 132 Å². The van der Waals surface area contributed by atoms with E-state index in [-0.39, 0.29) is 34.6 Å². The average molecular weight is 552 g/mol. The van der Waals surface area contributed by atoms with E-state index in [9.17, 15) is 22.8 Å². The molecule has 1 aromatic heterocycles. The van der Waals surface area contributed by atoms with Crippen molar-refractivity contribution in [2.45, 2.75) is 44.4 Å². The summed E-state index contributed by atoms with van der Waals surface area (Å²) >= 11 is 0. The van der Waals surface area contributed by atoms with E-state index in [0.717, 1.165) is 31.0 Å². The fourth-order valence-corrected chi connectivity index (χ4v) is 4.64. The number of unbranched alkanes of at least 4 members (excludes halogenated alkanes) is 1. The first kappa shape index (κ1) is 29.5. The van der Waals surface area contributed by atoms with Gasteiger partial charge in [-0.1, -0.05) is 57.0 Å². The van der Waals surface area contributed by atoms with Crippen molar-refractivity contribution < 1.29 is 27.5 Å². The van der Waals surface area contributed by atoms with Gasteiger partial charge in [-0.15, -0.1) is 0 Å². The second-order valence-corrected chi connectivity index (χ2v) is 10.9. The molecule has 1 atom stereocenters. The van der Waals surface area contributed by atoms with Crippen LogP contribution in [0.25, 0.3) is 0 Å². The zero-order valence-corrected chi connectivity index (χ0v) is 22.9. The maximum absolute atomic E-state index is 12.7. The summed E-state index contributed by atoms with van der Waals surface area (Å²) < 4.78 is 32.6. The fourth-order valence-electron chi connectivity index (χ4n) is 3.67. The molecule has 9 nitrogen and oxygen atoms in total. The van der Waals surface area contributed by atoms with Crippen molar-refractivity contribution in [2.75, 3.05) is 13.2 Å². The lowest BCUT2D eigenvalue weighted by molar-refractivity contribution is 0.0435. The Morgan fingerprint density at radius 2 is 1.62 bits per heavy atom. The summed E-state index contributed by atoms with van der Waals surface area (Å²) in [4.78, 5) is 40.9. The van der Waals surface area contributed by atoms with Crippen LogP contribution >= 0.6 is 0 Å². The number of esters is 1. The van der Waals surface area contributed by atoms with Crippen LogP contribution in [-0.2, 0) is 21.2 Å². The molecule has 206 valence electrons. The zero-order chi connectivity index (χ0) is 28.3. The van der Waals surface area contributed by atoms with Gasteiger partial charge in [0.1, 0.15) is 5.69 Å². The van der Waals surface area contributed by atoms with Gasteiger partial charge < -0.3 is 10.1 Å². The zero-order valence-electron chi connectivity index (χ0n) is 22.1. The summed E-state index contributed by atoms with van der Waals surface area (Å²) in [6.45, 7) is 4.80. The first-order valence-corrected chi connectivity index (χ1v) is 14.3. The van der Waals surface area contributed by atoms with Gasteiger partial charge in [0.25, 0.3) is 21.8 Å². The van der Waals surface area contributed by atoms with E-state index in [0.29, 0.717) is 18.5 Å². The summed E-state index contributed by atoms with van der Waals surface area (Å²) in [6.07, 6.45) is 4.86. The summed E-state index contributed by atoms with van der Waals surface area (Å²) in [5.41, 5.74) is 1.36. The highest BCUT2D eigenvalue weighted by atomic mass is 32.2. The molecule has 0 aliphatic rings. The highest BCUT2D eigenvalue weighted by molar-refractivity contribution is 7.90. The van der Waals surface area contributed by atoms with Gasteiger partial charge in [-0.2, -0.15) is 0 Å². The molecule has 0 spiro atoms. The lowest BCUT2D eigenvalue weighted by atomic mass is 10.1. The molecule has 0 saturated heterocycles. The van der Waals surface area contributed by atoms with Crippen molar-refractivity contribution in [1.82, 2.24) is 15.0 Å². The molecule has 1 heterocycles. The average Bonchev–Trinajstić information content (AvgIpc) is 2.95. The molecule has 0 bridgehead atoms. The van der Waals surface area contributed by atoms with E-state index >= 15 is 0 Å². The van der Waals surface area contributed by atoms with E-state index < -0.39 is 21.9 Å². The van der Waals surface area contributed by atoms with Crippen LogP contribution in [0.5, 0.6) is 0 Å². The SMILES string of the molecule is CCCCC(C)COC(=O)c1ccc(C(=O)NS(=O)(=O)c2ccc(C(=O)NCCc3ccccc3)cc2)cn1. The van der Waals surface area contributed by atoms with Gasteiger partial charge in [-0.25, -0.2) is 22.9 Å². The van der Waals surface area contributed by atoms with Crippen molar-refractivity contribution >= 4 is 27.8 Å². The molecule has 10 heteroatoms. The number of carbonyl (C=O) groups excluding carboxylic acids is 3. The lowest BCUT2D eigenvalue weighted by Crippen LogP contribution is -2.31. The number of nitrogens with zero attached hydrogens (tertiary/aromatic N) is 1. The Morgan fingerprint density at radius 3 is 2.26 bits per heavy atom. The third-order valence-electron chi connectivity index (χ3n) is 5.98. The van der Waals surface area contributed by atoms with Gasteiger partial charge in [0.2, 0.25) is 0 Å². The molecular weight excluding hydrogens is 518 g/mol. The van der Waals surface area contributed by atoms with Crippen LogP contribution in [0.3, 0.4) is 0 Å². The van der Waals surface area contributed by atoms with Crippen molar-refractivity contribution in [2.24, 2.45) is 5.92 Å². The predicted molar refractivity (Wildman–Crippen MR) is 147 cm³/mol.